The molecule has 0 spiro atoms. The van der Waals surface area contributed by atoms with Gasteiger partial charge in [0.05, 0.1) is 0 Å². The number of benzene rings is 1. The van der Waals surface area contributed by atoms with Crippen LogP contribution in [0.1, 0.15) is 28.8 Å². The summed E-state index contributed by atoms with van der Waals surface area (Å²) in [4.78, 5) is 18.1. The van der Waals surface area contributed by atoms with Crippen LogP contribution in [0.15, 0.2) is 47.5 Å². The Morgan fingerprint density at radius 3 is 2.64 bits per heavy atom. The second kappa shape index (κ2) is 7.51. The second-order valence-corrected chi connectivity index (χ2v) is 8.00. The van der Waals surface area contributed by atoms with Crippen LogP contribution in [-0.2, 0) is 16.6 Å². The van der Waals surface area contributed by atoms with Gasteiger partial charge in [-0.3, -0.25) is 4.79 Å². The first-order valence-electron chi connectivity index (χ1n) is 7.95. The van der Waals surface area contributed by atoms with Crippen molar-refractivity contribution in [2.24, 2.45) is 0 Å². The number of nitrogens with one attached hydrogen (secondary N) is 1. The maximum atomic E-state index is 12.4. The highest BCUT2D eigenvalue weighted by Crippen LogP contribution is 2.15. The van der Waals surface area contributed by atoms with Crippen LogP contribution in [0.5, 0.6) is 0 Å². The number of sulfonamides is 1. The fraction of sp³-hybridized carbons (Fsp3) is 0.294. The van der Waals surface area contributed by atoms with Gasteiger partial charge in [-0.25, -0.2) is 18.1 Å². The van der Waals surface area contributed by atoms with Gasteiger partial charge in [0.1, 0.15) is 10.0 Å². The molecule has 0 bridgehead atoms. The molecule has 6 nitrogen and oxygen atoms in total. The van der Waals surface area contributed by atoms with E-state index in [9.17, 15) is 13.2 Å². The SMILES string of the molecule is O=C(c1cccc(CNS(=O)(=O)c2ccc(Cl)nc2)c1)N1CCCC1. The van der Waals surface area contributed by atoms with Gasteiger partial charge in [0, 0.05) is 31.4 Å². The van der Waals surface area contributed by atoms with Crippen molar-refractivity contribution in [3.8, 4) is 0 Å². The van der Waals surface area contributed by atoms with Crippen LogP contribution in [0, 0.1) is 0 Å². The zero-order chi connectivity index (χ0) is 17.9. The maximum Gasteiger partial charge on any atom is 0.253 e. The van der Waals surface area contributed by atoms with Gasteiger partial charge in [-0.15, -0.1) is 0 Å². The molecule has 1 aromatic heterocycles. The lowest BCUT2D eigenvalue weighted by atomic mass is 10.1. The van der Waals surface area contributed by atoms with Gasteiger partial charge in [-0.2, -0.15) is 0 Å². The van der Waals surface area contributed by atoms with Crippen molar-refractivity contribution < 1.29 is 13.2 Å². The molecule has 1 aromatic carbocycles. The van der Waals surface area contributed by atoms with Crippen LogP contribution < -0.4 is 4.72 Å². The number of carbonyl (C=O) groups excluding carboxylic acids is 1. The molecule has 1 saturated heterocycles. The van der Waals surface area contributed by atoms with Gasteiger partial charge in [0.15, 0.2) is 0 Å². The van der Waals surface area contributed by atoms with E-state index in [1.807, 2.05) is 4.90 Å². The molecule has 2 aromatic rings. The molecule has 25 heavy (non-hydrogen) atoms. The largest absolute Gasteiger partial charge is 0.339 e. The number of nitrogens with zero attached hydrogens (tertiary/aromatic N) is 2. The summed E-state index contributed by atoms with van der Waals surface area (Å²) >= 11 is 5.67. The Morgan fingerprint density at radius 1 is 1.20 bits per heavy atom. The molecule has 0 radical (unpaired) electrons. The van der Waals surface area contributed by atoms with Crippen molar-refractivity contribution >= 4 is 27.5 Å². The molecule has 1 fully saturated rings. The molecule has 1 aliphatic heterocycles. The Kier molecular flexibility index (Phi) is 5.36. The standard InChI is InChI=1S/C17H18ClN3O3S/c18-16-7-6-15(12-19-16)25(23,24)20-11-13-4-3-5-14(10-13)17(22)21-8-1-2-9-21/h3-7,10,12,20H,1-2,8-9,11H2. The third kappa shape index (κ3) is 4.36. The number of aromatic nitrogens is 1. The monoisotopic (exact) mass is 379 g/mol. The van der Waals surface area contributed by atoms with Crippen molar-refractivity contribution in [3.63, 3.8) is 0 Å². The van der Waals surface area contributed by atoms with Crippen LogP contribution >= 0.6 is 11.6 Å². The minimum absolute atomic E-state index is 0.0101. The van der Waals surface area contributed by atoms with Crippen molar-refractivity contribution in [2.75, 3.05) is 13.1 Å². The third-order valence-corrected chi connectivity index (χ3v) is 5.65. The number of carbonyl (C=O) groups is 1. The predicted octanol–water partition coefficient (Wildman–Crippen LogP) is 2.45. The summed E-state index contributed by atoms with van der Waals surface area (Å²) in [5, 5.41) is 0.229. The first kappa shape index (κ1) is 17.8. The molecule has 8 heteroatoms. The minimum Gasteiger partial charge on any atom is -0.339 e. The number of likely N-dealkylation sites (tertiary alicyclic amines) is 1. The van der Waals surface area contributed by atoms with E-state index in [1.165, 1.54) is 18.3 Å². The molecule has 132 valence electrons. The van der Waals surface area contributed by atoms with E-state index in [0.29, 0.717) is 5.56 Å². The predicted molar refractivity (Wildman–Crippen MR) is 94.9 cm³/mol. The lowest BCUT2D eigenvalue weighted by molar-refractivity contribution is 0.0792. The zero-order valence-corrected chi connectivity index (χ0v) is 15.1. The highest BCUT2D eigenvalue weighted by Gasteiger charge is 2.20. The average molecular weight is 380 g/mol. The fourth-order valence-corrected chi connectivity index (χ4v) is 3.77. The first-order valence-corrected chi connectivity index (χ1v) is 9.81. The second-order valence-electron chi connectivity index (χ2n) is 5.84. The van der Waals surface area contributed by atoms with E-state index in [-0.39, 0.29) is 22.5 Å². The Bertz CT molecular complexity index is 863. The van der Waals surface area contributed by atoms with E-state index >= 15 is 0 Å². The van der Waals surface area contributed by atoms with E-state index in [2.05, 4.69) is 9.71 Å². The molecule has 1 N–H and O–H groups in total. The van der Waals surface area contributed by atoms with E-state index in [4.69, 9.17) is 11.6 Å². The van der Waals surface area contributed by atoms with E-state index in [1.54, 1.807) is 24.3 Å². The van der Waals surface area contributed by atoms with Gasteiger partial charge in [-0.05, 0) is 42.7 Å². The normalized spacial score (nSPS) is 14.7. The van der Waals surface area contributed by atoms with E-state index < -0.39 is 10.0 Å². The molecule has 2 heterocycles. The lowest BCUT2D eigenvalue weighted by Gasteiger charge is -2.15. The number of amides is 1. The summed E-state index contributed by atoms with van der Waals surface area (Å²) in [6.07, 6.45) is 3.26. The average Bonchev–Trinajstić information content (AvgIpc) is 3.15. The highest BCUT2D eigenvalue weighted by molar-refractivity contribution is 7.89. The molecule has 1 aliphatic rings. The Morgan fingerprint density at radius 2 is 1.96 bits per heavy atom. The van der Waals surface area contributed by atoms with Crippen molar-refractivity contribution in [1.29, 1.82) is 0 Å². The summed E-state index contributed by atoms with van der Waals surface area (Å²) in [6.45, 7) is 1.64. The zero-order valence-electron chi connectivity index (χ0n) is 13.5. The number of halogens is 1. The fourth-order valence-electron chi connectivity index (χ4n) is 2.70. The number of pyridine rings is 1. The molecule has 0 saturated carbocycles. The summed E-state index contributed by atoms with van der Waals surface area (Å²) in [7, 11) is -3.69. The number of rotatable bonds is 5. The van der Waals surface area contributed by atoms with Crippen LogP contribution in [0.3, 0.4) is 0 Å². The molecular weight excluding hydrogens is 362 g/mol. The smallest absolute Gasteiger partial charge is 0.253 e. The summed E-state index contributed by atoms with van der Waals surface area (Å²) < 4.78 is 27.1. The summed E-state index contributed by atoms with van der Waals surface area (Å²) in [6, 6.07) is 9.83. The van der Waals surface area contributed by atoms with Gasteiger partial charge in [0.25, 0.3) is 5.91 Å². The summed E-state index contributed by atoms with van der Waals surface area (Å²) in [5.41, 5.74) is 1.29. The first-order chi connectivity index (χ1) is 12.0. The number of hydrogen-bond donors (Lipinski definition) is 1. The molecule has 1 amide bonds. The van der Waals surface area contributed by atoms with Crippen LogP contribution in [0.25, 0.3) is 0 Å². The molecule has 0 unspecified atom stereocenters. The quantitative estimate of drug-likeness (QED) is 0.809. The van der Waals surface area contributed by atoms with Crippen molar-refractivity contribution in [1.82, 2.24) is 14.6 Å². The van der Waals surface area contributed by atoms with Gasteiger partial charge < -0.3 is 4.90 Å². The Labute approximate surface area is 151 Å². The topological polar surface area (TPSA) is 79.4 Å². The Balaban J connectivity index is 1.70. The van der Waals surface area contributed by atoms with Crippen molar-refractivity contribution in [3.05, 3.63) is 58.9 Å². The lowest BCUT2D eigenvalue weighted by Crippen LogP contribution is -2.28. The minimum atomic E-state index is -3.69. The molecular formula is C17H18ClN3O3S. The maximum absolute atomic E-state index is 12.4. The van der Waals surface area contributed by atoms with Crippen LogP contribution in [0.2, 0.25) is 5.15 Å². The Hall–Kier alpha value is -1.96. The third-order valence-electron chi connectivity index (χ3n) is 4.04. The highest BCUT2D eigenvalue weighted by atomic mass is 35.5. The molecule has 3 rings (SSSR count). The molecule has 0 atom stereocenters. The molecule has 0 aliphatic carbocycles. The van der Waals surface area contributed by atoms with Crippen LogP contribution in [-0.4, -0.2) is 37.3 Å². The van der Waals surface area contributed by atoms with Gasteiger partial charge >= 0.3 is 0 Å². The van der Waals surface area contributed by atoms with Crippen molar-refractivity contribution in [2.45, 2.75) is 24.3 Å². The number of hydrogen-bond acceptors (Lipinski definition) is 4. The van der Waals surface area contributed by atoms with Gasteiger partial charge in [-0.1, -0.05) is 23.7 Å². The van der Waals surface area contributed by atoms with Gasteiger partial charge in [0.2, 0.25) is 10.0 Å². The summed E-state index contributed by atoms with van der Waals surface area (Å²) in [5.74, 6) is -0.0101. The van der Waals surface area contributed by atoms with E-state index in [0.717, 1.165) is 31.5 Å². The van der Waals surface area contributed by atoms with Crippen LogP contribution in [0.4, 0.5) is 0 Å².